The zero-order chi connectivity index (χ0) is 13.6. The van der Waals surface area contributed by atoms with Crippen molar-refractivity contribution in [2.45, 2.75) is 38.8 Å². The number of carbonyl (C=O) groups is 3. The molecule has 3 amide bonds. The van der Waals surface area contributed by atoms with Crippen LogP contribution in [0, 0.1) is 0 Å². The maximum absolute atomic E-state index is 11.6. The van der Waals surface area contributed by atoms with E-state index in [9.17, 15) is 14.4 Å². The summed E-state index contributed by atoms with van der Waals surface area (Å²) < 4.78 is 0. The molecule has 17 heavy (non-hydrogen) atoms. The number of urea groups is 1. The third-order valence-electron chi connectivity index (χ3n) is 2.37. The van der Waals surface area contributed by atoms with E-state index in [0.717, 1.165) is 0 Å². The number of carbonyl (C=O) groups excluding carboxylic acids is 2. The fourth-order valence-electron chi connectivity index (χ4n) is 1.03. The van der Waals surface area contributed by atoms with Gasteiger partial charge in [0, 0.05) is 19.5 Å². The van der Waals surface area contributed by atoms with Crippen LogP contribution in [0.2, 0.25) is 0 Å². The summed E-state index contributed by atoms with van der Waals surface area (Å²) in [6.07, 6.45) is -0.0923. The van der Waals surface area contributed by atoms with E-state index in [1.54, 1.807) is 20.9 Å². The van der Waals surface area contributed by atoms with Gasteiger partial charge >= 0.3 is 12.0 Å². The van der Waals surface area contributed by atoms with Crippen molar-refractivity contribution in [1.29, 1.82) is 0 Å². The molecule has 0 saturated carbocycles. The van der Waals surface area contributed by atoms with Gasteiger partial charge in [0.25, 0.3) is 0 Å². The zero-order valence-corrected chi connectivity index (χ0v) is 10.3. The number of nitrogens with one attached hydrogen (secondary N) is 1. The highest BCUT2D eigenvalue weighted by atomic mass is 16.4. The molecule has 0 aliphatic rings. The van der Waals surface area contributed by atoms with Crippen LogP contribution in [0.25, 0.3) is 0 Å². The average Bonchev–Trinajstić information content (AvgIpc) is 2.21. The Balaban J connectivity index is 4.39. The Kier molecular flexibility index (Phi) is 6.01. The largest absolute Gasteiger partial charge is 0.480 e. The monoisotopic (exact) mass is 245 g/mol. The van der Waals surface area contributed by atoms with Gasteiger partial charge in [-0.05, 0) is 20.3 Å². The molecule has 0 heterocycles. The number of aliphatic carboxylic acids is 1. The van der Waals surface area contributed by atoms with Gasteiger partial charge in [-0.3, -0.25) is 4.79 Å². The van der Waals surface area contributed by atoms with Crippen molar-refractivity contribution < 1.29 is 19.5 Å². The number of amides is 3. The van der Waals surface area contributed by atoms with Crippen LogP contribution in [-0.2, 0) is 9.59 Å². The fourth-order valence-corrected chi connectivity index (χ4v) is 1.03. The van der Waals surface area contributed by atoms with Crippen molar-refractivity contribution in [3.05, 3.63) is 0 Å². The van der Waals surface area contributed by atoms with E-state index < -0.39 is 23.9 Å². The molecule has 0 bridgehead atoms. The second-order valence-electron chi connectivity index (χ2n) is 4.05. The molecule has 1 unspecified atom stereocenters. The van der Waals surface area contributed by atoms with Gasteiger partial charge in [0.05, 0.1) is 0 Å². The zero-order valence-electron chi connectivity index (χ0n) is 10.3. The minimum Gasteiger partial charge on any atom is -0.480 e. The SMILES string of the molecule is CC(C)N(C)C(=O)NC(CCC(N)=O)C(=O)O. The molecule has 0 radical (unpaired) electrons. The average molecular weight is 245 g/mol. The van der Waals surface area contributed by atoms with Crippen LogP contribution >= 0.6 is 0 Å². The van der Waals surface area contributed by atoms with Gasteiger partial charge in [-0.25, -0.2) is 9.59 Å². The molecule has 0 aromatic heterocycles. The number of rotatable bonds is 6. The molecule has 7 nitrogen and oxygen atoms in total. The number of nitrogens with two attached hydrogens (primary N) is 1. The van der Waals surface area contributed by atoms with E-state index in [4.69, 9.17) is 10.8 Å². The summed E-state index contributed by atoms with van der Waals surface area (Å²) in [6.45, 7) is 3.61. The quantitative estimate of drug-likeness (QED) is 0.599. The first-order chi connectivity index (χ1) is 7.75. The lowest BCUT2D eigenvalue weighted by molar-refractivity contribution is -0.139. The summed E-state index contributed by atoms with van der Waals surface area (Å²) in [4.78, 5) is 34.4. The molecule has 0 spiro atoms. The first-order valence-corrected chi connectivity index (χ1v) is 5.30. The second kappa shape index (κ2) is 6.72. The van der Waals surface area contributed by atoms with Crippen LogP contribution in [0.5, 0.6) is 0 Å². The number of hydrogen-bond acceptors (Lipinski definition) is 3. The minimum atomic E-state index is -1.18. The molecule has 0 aliphatic heterocycles. The highest BCUT2D eigenvalue weighted by molar-refractivity contribution is 5.83. The molecule has 0 aliphatic carbocycles. The Hall–Kier alpha value is -1.79. The van der Waals surface area contributed by atoms with Crippen LogP contribution in [0.15, 0.2) is 0 Å². The van der Waals surface area contributed by atoms with Crippen molar-refractivity contribution in [3.63, 3.8) is 0 Å². The molecule has 7 heteroatoms. The van der Waals surface area contributed by atoms with Crippen LogP contribution in [0.4, 0.5) is 4.79 Å². The topological polar surface area (TPSA) is 113 Å². The maximum atomic E-state index is 11.6. The van der Waals surface area contributed by atoms with E-state index in [1.807, 2.05) is 0 Å². The standard InChI is InChI=1S/C10H19N3O4/c1-6(2)13(3)10(17)12-7(9(15)16)4-5-8(11)14/h6-7H,4-5H2,1-3H3,(H2,11,14)(H,12,17)(H,15,16). The Morgan fingerprint density at radius 1 is 1.35 bits per heavy atom. The molecule has 0 fully saturated rings. The van der Waals surface area contributed by atoms with Gasteiger partial charge in [-0.2, -0.15) is 0 Å². The Bertz CT molecular complexity index is 304. The minimum absolute atomic E-state index is 0.0116. The van der Waals surface area contributed by atoms with Gasteiger partial charge in [0.1, 0.15) is 6.04 Å². The summed E-state index contributed by atoms with van der Waals surface area (Å²) >= 11 is 0. The highest BCUT2D eigenvalue weighted by Gasteiger charge is 2.22. The normalized spacial score (nSPS) is 12.0. The third kappa shape index (κ3) is 5.74. The molecule has 4 N–H and O–H groups in total. The number of hydrogen-bond donors (Lipinski definition) is 3. The smallest absolute Gasteiger partial charge is 0.326 e. The first-order valence-electron chi connectivity index (χ1n) is 5.30. The summed E-state index contributed by atoms with van der Waals surface area (Å²) in [5.74, 6) is -1.78. The molecule has 0 saturated heterocycles. The molecular weight excluding hydrogens is 226 g/mol. The first kappa shape index (κ1) is 15.2. The summed E-state index contributed by atoms with van der Waals surface area (Å²) in [5, 5.41) is 11.2. The van der Waals surface area contributed by atoms with Crippen molar-refractivity contribution >= 4 is 17.9 Å². The summed E-state index contributed by atoms with van der Waals surface area (Å²) in [7, 11) is 1.56. The van der Waals surface area contributed by atoms with Gasteiger partial charge in [-0.1, -0.05) is 0 Å². The third-order valence-corrected chi connectivity index (χ3v) is 2.37. The Morgan fingerprint density at radius 3 is 2.24 bits per heavy atom. The summed E-state index contributed by atoms with van der Waals surface area (Å²) in [5.41, 5.74) is 4.92. The van der Waals surface area contributed by atoms with Crippen molar-refractivity contribution in [1.82, 2.24) is 10.2 Å². The van der Waals surface area contributed by atoms with Gasteiger partial charge in [0.2, 0.25) is 5.91 Å². The maximum Gasteiger partial charge on any atom is 0.326 e. The van der Waals surface area contributed by atoms with Crippen LogP contribution < -0.4 is 11.1 Å². The molecule has 0 aromatic rings. The van der Waals surface area contributed by atoms with E-state index in [2.05, 4.69) is 5.32 Å². The highest BCUT2D eigenvalue weighted by Crippen LogP contribution is 2.00. The molecule has 98 valence electrons. The Morgan fingerprint density at radius 2 is 1.88 bits per heavy atom. The van der Waals surface area contributed by atoms with Crippen LogP contribution in [0.3, 0.4) is 0 Å². The van der Waals surface area contributed by atoms with E-state index in [1.165, 1.54) is 4.90 Å². The predicted molar refractivity (Wildman–Crippen MR) is 61.3 cm³/mol. The molecule has 0 aromatic carbocycles. The predicted octanol–water partition coefficient (Wildman–Crippen LogP) is -0.245. The molecule has 0 rings (SSSR count). The van der Waals surface area contributed by atoms with E-state index >= 15 is 0 Å². The van der Waals surface area contributed by atoms with Crippen molar-refractivity contribution in [3.8, 4) is 0 Å². The second-order valence-corrected chi connectivity index (χ2v) is 4.05. The van der Waals surface area contributed by atoms with Crippen molar-refractivity contribution in [2.24, 2.45) is 5.73 Å². The van der Waals surface area contributed by atoms with E-state index in [0.29, 0.717) is 0 Å². The molecular formula is C10H19N3O4. The lowest BCUT2D eigenvalue weighted by Gasteiger charge is -2.24. The van der Waals surface area contributed by atoms with Crippen LogP contribution in [0.1, 0.15) is 26.7 Å². The van der Waals surface area contributed by atoms with Crippen LogP contribution in [-0.4, -0.2) is 47.0 Å². The molecule has 1 atom stereocenters. The van der Waals surface area contributed by atoms with Gasteiger partial charge in [-0.15, -0.1) is 0 Å². The number of carboxylic acid groups (broad SMARTS) is 1. The van der Waals surface area contributed by atoms with Gasteiger partial charge < -0.3 is 21.1 Å². The summed E-state index contributed by atoms with van der Waals surface area (Å²) in [6, 6.07) is -1.63. The lowest BCUT2D eigenvalue weighted by atomic mass is 10.1. The lowest BCUT2D eigenvalue weighted by Crippen LogP contribution is -2.48. The number of carboxylic acids is 1. The fraction of sp³-hybridized carbons (Fsp3) is 0.700. The Labute approximate surface area is 100.0 Å². The van der Waals surface area contributed by atoms with Crippen molar-refractivity contribution in [2.75, 3.05) is 7.05 Å². The van der Waals surface area contributed by atoms with E-state index in [-0.39, 0.29) is 18.9 Å². The van der Waals surface area contributed by atoms with Gasteiger partial charge in [0.15, 0.2) is 0 Å². The number of nitrogens with zero attached hydrogens (tertiary/aromatic N) is 1. The number of primary amides is 1.